The first-order chi connectivity index (χ1) is 9.78. The zero-order chi connectivity index (χ0) is 14.4. The van der Waals surface area contributed by atoms with Crippen molar-refractivity contribution in [1.29, 1.82) is 0 Å². The fourth-order valence-electron chi connectivity index (χ4n) is 3.90. The first kappa shape index (κ1) is 17.7. The number of hydrogen-bond acceptors (Lipinski definition) is 4. The Balaban J connectivity index is 1.76. The van der Waals surface area contributed by atoms with Gasteiger partial charge in [-0.1, -0.05) is 12.8 Å². The molecule has 2 unspecified atom stereocenters. The molecule has 4 heteroatoms. The number of rotatable bonds is 6. The van der Waals surface area contributed by atoms with Crippen LogP contribution in [0.2, 0.25) is 0 Å². The SMILES string of the molecule is SCC1CCCC[C@H]1CSC1CC[C@@H](CS)[C@H](CS)C1. The summed E-state index contributed by atoms with van der Waals surface area (Å²) in [7, 11) is 0. The summed E-state index contributed by atoms with van der Waals surface area (Å²) in [6.07, 6.45) is 9.88. The quantitative estimate of drug-likeness (QED) is 0.560. The molecule has 0 aliphatic heterocycles. The highest BCUT2D eigenvalue weighted by atomic mass is 32.2. The summed E-state index contributed by atoms with van der Waals surface area (Å²) < 4.78 is 0. The predicted molar refractivity (Wildman–Crippen MR) is 104 cm³/mol. The van der Waals surface area contributed by atoms with Crippen LogP contribution in [0.25, 0.3) is 0 Å². The molecule has 0 aromatic carbocycles. The van der Waals surface area contributed by atoms with Gasteiger partial charge >= 0.3 is 0 Å². The molecule has 20 heavy (non-hydrogen) atoms. The summed E-state index contributed by atoms with van der Waals surface area (Å²) in [5, 5.41) is 0.880. The summed E-state index contributed by atoms with van der Waals surface area (Å²) in [5.41, 5.74) is 0. The second-order valence-corrected chi connectivity index (χ2v) is 9.07. The van der Waals surface area contributed by atoms with Crippen LogP contribution in [0.4, 0.5) is 0 Å². The molecule has 2 aliphatic carbocycles. The lowest BCUT2D eigenvalue weighted by molar-refractivity contribution is 0.282. The molecule has 0 amide bonds. The van der Waals surface area contributed by atoms with E-state index in [0.29, 0.717) is 0 Å². The van der Waals surface area contributed by atoms with Gasteiger partial charge in [0.15, 0.2) is 0 Å². The lowest BCUT2D eigenvalue weighted by Crippen LogP contribution is -2.30. The van der Waals surface area contributed by atoms with Crippen molar-refractivity contribution in [1.82, 2.24) is 0 Å². The molecule has 0 N–H and O–H groups in total. The van der Waals surface area contributed by atoms with Crippen LogP contribution in [0.3, 0.4) is 0 Å². The van der Waals surface area contributed by atoms with Gasteiger partial charge in [0.05, 0.1) is 0 Å². The van der Waals surface area contributed by atoms with Crippen LogP contribution < -0.4 is 0 Å². The maximum Gasteiger partial charge on any atom is 0.00503 e. The van der Waals surface area contributed by atoms with Gasteiger partial charge in [0.1, 0.15) is 0 Å². The number of hydrogen-bond donors (Lipinski definition) is 3. The summed E-state index contributed by atoms with van der Waals surface area (Å²) in [5.74, 6) is 7.99. The monoisotopic (exact) mass is 350 g/mol. The van der Waals surface area contributed by atoms with Crippen molar-refractivity contribution in [3.8, 4) is 0 Å². The van der Waals surface area contributed by atoms with Gasteiger partial charge in [-0.2, -0.15) is 49.6 Å². The third-order valence-corrected chi connectivity index (χ3v) is 8.33. The van der Waals surface area contributed by atoms with Crippen LogP contribution in [0.1, 0.15) is 44.9 Å². The molecule has 118 valence electrons. The van der Waals surface area contributed by atoms with Crippen LogP contribution in [0.5, 0.6) is 0 Å². The standard InChI is InChI=1S/C16H30S4/c17-8-12-3-1-2-4-14(12)11-20-16-6-5-13(9-18)15(7-16)10-19/h12-19H,1-11H2/t12?,13-,14-,15-,16?/m0/s1. The average molecular weight is 351 g/mol. The van der Waals surface area contributed by atoms with Crippen molar-refractivity contribution in [2.45, 2.75) is 50.2 Å². The molecule has 0 radical (unpaired) electrons. The van der Waals surface area contributed by atoms with Crippen molar-refractivity contribution in [3.05, 3.63) is 0 Å². The average Bonchev–Trinajstić information content (AvgIpc) is 2.52. The van der Waals surface area contributed by atoms with Crippen molar-refractivity contribution in [2.24, 2.45) is 23.7 Å². The maximum atomic E-state index is 4.57. The summed E-state index contributed by atoms with van der Waals surface area (Å²) in [6, 6.07) is 0. The third kappa shape index (κ3) is 4.96. The molecule has 0 bridgehead atoms. The molecule has 0 spiro atoms. The fourth-order valence-corrected chi connectivity index (χ4v) is 6.96. The lowest BCUT2D eigenvalue weighted by Gasteiger charge is -2.36. The molecule has 5 atom stereocenters. The number of thioether (sulfide) groups is 1. The molecule has 0 heterocycles. The Hall–Kier alpha value is 1.40. The summed E-state index contributed by atoms with van der Waals surface area (Å²) >= 11 is 15.9. The summed E-state index contributed by atoms with van der Waals surface area (Å²) in [4.78, 5) is 0. The second kappa shape index (κ2) is 9.52. The Morgan fingerprint density at radius 2 is 1.30 bits per heavy atom. The molecule has 0 aromatic rings. The van der Waals surface area contributed by atoms with Gasteiger partial charge in [0, 0.05) is 5.25 Å². The van der Waals surface area contributed by atoms with E-state index in [1.807, 2.05) is 0 Å². The summed E-state index contributed by atoms with van der Waals surface area (Å²) in [6.45, 7) is 0. The largest absolute Gasteiger partial charge is 0.179 e. The normalized spacial score (nSPS) is 38.9. The minimum absolute atomic E-state index is 0.800. The maximum absolute atomic E-state index is 4.57. The van der Waals surface area contributed by atoms with E-state index in [0.717, 1.165) is 46.2 Å². The molecule has 2 rings (SSSR count). The third-order valence-electron chi connectivity index (χ3n) is 5.41. The highest BCUT2D eigenvalue weighted by molar-refractivity contribution is 7.99. The van der Waals surface area contributed by atoms with E-state index in [1.165, 1.54) is 50.7 Å². The van der Waals surface area contributed by atoms with Gasteiger partial charge in [0.2, 0.25) is 0 Å². The zero-order valence-electron chi connectivity index (χ0n) is 12.4. The van der Waals surface area contributed by atoms with Crippen molar-refractivity contribution < 1.29 is 0 Å². The van der Waals surface area contributed by atoms with Gasteiger partial charge in [-0.15, -0.1) is 0 Å². The fraction of sp³-hybridized carbons (Fsp3) is 1.00. The Labute approximate surface area is 146 Å². The van der Waals surface area contributed by atoms with Crippen molar-refractivity contribution in [3.63, 3.8) is 0 Å². The first-order valence-corrected chi connectivity index (χ1v) is 11.2. The van der Waals surface area contributed by atoms with E-state index in [4.69, 9.17) is 0 Å². The molecule has 2 aliphatic rings. The van der Waals surface area contributed by atoms with Gasteiger partial charge in [-0.25, -0.2) is 0 Å². The van der Waals surface area contributed by atoms with Crippen LogP contribution in [0, 0.1) is 23.7 Å². The van der Waals surface area contributed by atoms with E-state index < -0.39 is 0 Å². The highest BCUT2D eigenvalue weighted by Gasteiger charge is 2.30. The van der Waals surface area contributed by atoms with Gasteiger partial charge in [-0.3, -0.25) is 0 Å². The minimum Gasteiger partial charge on any atom is -0.179 e. The number of thiol groups is 3. The van der Waals surface area contributed by atoms with Crippen LogP contribution in [-0.4, -0.2) is 28.3 Å². The first-order valence-electron chi connectivity index (χ1n) is 8.22. The smallest absolute Gasteiger partial charge is 0.00503 e. The van der Waals surface area contributed by atoms with E-state index >= 15 is 0 Å². The highest BCUT2D eigenvalue weighted by Crippen LogP contribution is 2.40. The van der Waals surface area contributed by atoms with Gasteiger partial charge in [0.25, 0.3) is 0 Å². The zero-order valence-corrected chi connectivity index (χ0v) is 15.9. The van der Waals surface area contributed by atoms with Crippen LogP contribution in [0.15, 0.2) is 0 Å². The van der Waals surface area contributed by atoms with E-state index in [-0.39, 0.29) is 0 Å². The van der Waals surface area contributed by atoms with Crippen LogP contribution >= 0.6 is 49.6 Å². The molecular weight excluding hydrogens is 320 g/mol. The van der Waals surface area contributed by atoms with Crippen molar-refractivity contribution >= 4 is 49.6 Å². The molecule has 2 fully saturated rings. The molecule has 0 aromatic heterocycles. The predicted octanol–water partition coefficient (Wildman–Crippen LogP) is 5.10. The molecule has 0 nitrogen and oxygen atoms in total. The Morgan fingerprint density at radius 3 is 1.95 bits per heavy atom. The second-order valence-electron chi connectivity index (χ2n) is 6.64. The van der Waals surface area contributed by atoms with E-state index in [2.05, 4.69) is 49.6 Å². The molecule has 0 saturated heterocycles. The Kier molecular flexibility index (Phi) is 8.45. The molecule has 2 saturated carbocycles. The Bertz CT molecular complexity index is 271. The minimum atomic E-state index is 0.800. The molecular formula is C16H30S4. The van der Waals surface area contributed by atoms with Gasteiger partial charge in [-0.05, 0) is 78.8 Å². The van der Waals surface area contributed by atoms with Gasteiger partial charge < -0.3 is 0 Å². The van der Waals surface area contributed by atoms with Crippen LogP contribution in [-0.2, 0) is 0 Å². The van der Waals surface area contributed by atoms with E-state index in [9.17, 15) is 0 Å². The topological polar surface area (TPSA) is 0 Å². The lowest BCUT2D eigenvalue weighted by atomic mass is 9.81. The van der Waals surface area contributed by atoms with Crippen molar-refractivity contribution in [2.75, 3.05) is 23.0 Å². The Morgan fingerprint density at radius 1 is 0.700 bits per heavy atom. The van der Waals surface area contributed by atoms with E-state index in [1.54, 1.807) is 0 Å².